The van der Waals surface area contributed by atoms with E-state index in [1.165, 1.54) is 16.3 Å². The van der Waals surface area contributed by atoms with E-state index < -0.39 is 10.0 Å². The molecule has 0 spiro atoms. The van der Waals surface area contributed by atoms with Crippen molar-refractivity contribution < 1.29 is 13.2 Å². The Morgan fingerprint density at radius 2 is 1.58 bits per heavy atom. The molecule has 0 heterocycles. The number of anilines is 1. The first-order valence-corrected chi connectivity index (χ1v) is 12.3. The molecule has 6 nitrogen and oxygen atoms in total. The summed E-state index contributed by atoms with van der Waals surface area (Å²) >= 11 is 0. The molecule has 31 heavy (non-hydrogen) atoms. The summed E-state index contributed by atoms with van der Waals surface area (Å²) in [5, 5.41) is 5.43. The van der Waals surface area contributed by atoms with Gasteiger partial charge < -0.3 is 5.32 Å². The fourth-order valence-electron chi connectivity index (χ4n) is 3.84. The van der Waals surface area contributed by atoms with Crippen LogP contribution in [-0.4, -0.2) is 45.1 Å². The molecule has 0 aliphatic heterocycles. The number of hydrogen-bond donors (Lipinski definition) is 2. The number of rotatable bonds is 9. The number of nitrogens with one attached hydrogen (secondary N) is 2. The van der Waals surface area contributed by atoms with Crippen molar-refractivity contribution in [2.24, 2.45) is 0 Å². The van der Waals surface area contributed by atoms with Gasteiger partial charge in [0.25, 0.3) is 5.91 Å². The van der Waals surface area contributed by atoms with Crippen LogP contribution in [0.4, 0.5) is 5.69 Å². The highest BCUT2D eigenvalue weighted by molar-refractivity contribution is 7.92. The minimum absolute atomic E-state index is 0.0382. The predicted molar refractivity (Wildman–Crippen MR) is 127 cm³/mol. The molecule has 0 saturated carbocycles. The van der Waals surface area contributed by atoms with Crippen molar-refractivity contribution in [1.82, 2.24) is 10.2 Å². The lowest BCUT2D eigenvalue weighted by atomic mass is 9.97. The molecule has 1 unspecified atom stereocenters. The lowest BCUT2D eigenvalue weighted by Crippen LogP contribution is -2.38. The number of sulfonamides is 1. The number of likely N-dealkylation sites (N-methyl/N-ethyl adjacent to an activating group) is 1. The molecule has 164 valence electrons. The van der Waals surface area contributed by atoms with Gasteiger partial charge in [0.1, 0.15) is 0 Å². The van der Waals surface area contributed by atoms with Crippen molar-refractivity contribution in [3.63, 3.8) is 0 Å². The molecule has 0 aromatic heterocycles. The predicted octanol–water partition coefficient (Wildman–Crippen LogP) is 4.02. The third-order valence-electron chi connectivity index (χ3n) is 5.34. The second kappa shape index (κ2) is 9.94. The van der Waals surface area contributed by atoms with Crippen LogP contribution in [0.3, 0.4) is 0 Å². The van der Waals surface area contributed by atoms with Crippen LogP contribution in [0.1, 0.15) is 35.8 Å². The Morgan fingerprint density at radius 1 is 0.935 bits per heavy atom. The van der Waals surface area contributed by atoms with Crippen LogP contribution in [0.5, 0.6) is 0 Å². The standard InChI is InChI=1S/C24H29N3O3S/c1-4-27(5-2)23(22-12-8-10-18-9-6-7-11-21(18)22)17-25-24(28)19-13-15-20(16-14-19)26-31(3,29)30/h6-16,23,26H,4-5,17H2,1-3H3,(H,25,28). The van der Waals surface area contributed by atoms with Gasteiger partial charge in [-0.15, -0.1) is 0 Å². The van der Waals surface area contributed by atoms with Crippen LogP contribution in [0.2, 0.25) is 0 Å². The Labute approximate surface area is 184 Å². The van der Waals surface area contributed by atoms with Crippen molar-refractivity contribution in [1.29, 1.82) is 0 Å². The molecule has 0 aliphatic rings. The topological polar surface area (TPSA) is 78.5 Å². The molecule has 2 N–H and O–H groups in total. The molecule has 3 rings (SSSR count). The summed E-state index contributed by atoms with van der Waals surface area (Å²) in [4.78, 5) is 15.1. The van der Waals surface area contributed by atoms with Crippen molar-refractivity contribution in [2.45, 2.75) is 19.9 Å². The molecule has 0 aliphatic carbocycles. The van der Waals surface area contributed by atoms with Crippen LogP contribution in [0.25, 0.3) is 10.8 Å². The lowest BCUT2D eigenvalue weighted by Gasteiger charge is -2.31. The SMILES string of the molecule is CCN(CC)C(CNC(=O)c1ccc(NS(C)(=O)=O)cc1)c1cccc2ccccc12. The fraction of sp³-hybridized carbons (Fsp3) is 0.292. The minimum Gasteiger partial charge on any atom is -0.350 e. The van der Waals surface area contributed by atoms with Gasteiger partial charge in [0.15, 0.2) is 0 Å². The third kappa shape index (κ3) is 5.83. The quantitative estimate of drug-likeness (QED) is 0.528. The maximum Gasteiger partial charge on any atom is 0.251 e. The molecular formula is C24H29N3O3S. The summed E-state index contributed by atoms with van der Waals surface area (Å²) in [6.45, 7) is 6.45. The molecule has 3 aromatic carbocycles. The summed E-state index contributed by atoms with van der Waals surface area (Å²) in [7, 11) is -3.35. The van der Waals surface area contributed by atoms with Crippen molar-refractivity contribution in [2.75, 3.05) is 30.6 Å². The molecule has 1 amide bonds. The molecule has 3 aromatic rings. The summed E-state index contributed by atoms with van der Waals surface area (Å²) in [6.07, 6.45) is 1.09. The highest BCUT2D eigenvalue weighted by atomic mass is 32.2. The fourth-order valence-corrected chi connectivity index (χ4v) is 4.40. The van der Waals surface area contributed by atoms with Crippen LogP contribution in [0, 0.1) is 0 Å². The van der Waals surface area contributed by atoms with E-state index in [-0.39, 0.29) is 11.9 Å². The number of carbonyl (C=O) groups is 1. The van der Waals surface area contributed by atoms with Crippen LogP contribution < -0.4 is 10.0 Å². The van der Waals surface area contributed by atoms with E-state index in [1.807, 2.05) is 12.1 Å². The van der Waals surface area contributed by atoms with Crippen LogP contribution in [0.15, 0.2) is 66.7 Å². The molecule has 0 saturated heterocycles. The largest absolute Gasteiger partial charge is 0.350 e. The average molecular weight is 440 g/mol. The lowest BCUT2D eigenvalue weighted by molar-refractivity contribution is 0.0935. The van der Waals surface area contributed by atoms with E-state index in [9.17, 15) is 13.2 Å². The Balaban J connectivity index is 1.80. The van der Waals surface area contributed by atoms with Gasteiger partial charge in [0, 0.05) is 17.8 Å². The number of fused-ring (bicyclic) bond motifs is 1. The third-order valence-corrected chi connectivity index (χ3v) is 5.95. The van der Waals surface area contributed by atoms with Gasteiger partial charge in [-0.1, -0.05) is 56.3 Å². The molecule has 0 radical (unpaired) electrons. The van der Waals surface area contributed by atoms with Crippen molar-refractivity contribution >= 4 is 32.4 Å². The maximum atomic E-state index is 12.8. The number of benzene rings is 3. The molecule has 1 atom stereocenters. The number of nitrogens with zero attached hydrogens (tertiary/aromatic N) is 1. The summed E-state index contributed by atoms with van der Waals surface area (Å²) in [5.41, 5.74) is 2.10. The van der Waals surface area contributed by atoms with Gasteiger partial charge in [0.05, 0.1) is 12.3 Å². The second-order valence-corrected chi connectivity index (χ2v) is 9.22. The van der Waals surface area contributed by atoms with Gasteiger partial charge in [-0.3, -0.25) is 14.4 Å². The highest BCUT2D eigenvalue weighted by Crippen LogP contribution is 2.28. The van der Waals surface area contributed by atoms with Gasteiger partial charge in [-0.25, -0.2) is 8.42 Å². The smallest absolute Gasteiger partial charge is 0.251 e. The van der Waals surface area contributed by atoms with E-state index in [0.29, 0.717) is 17.8 Å². The number of amides is 1. The van der Waals surface area contributed by atoms with Crippen molar-refractivity contribution in [3.8, 4) is 0 Å². The monoisotopic (exact) mass is 439 g/mol. The molecule has 0 fully saturated rings. The van der Waals surface area contributed by atoms with Crippen molar-refractivity contribution in [3.05, 3.63) is 77.9 Å². The molecular weight excluding hydrogens is 410 g/mol. The first kappa shape index (κ1) is 22.8. The number of carbonyl (C=O) groups excluding carboxylic acids is 1. The summed E-state index contributed by atoms with van der Waals surface area (Å²) < 4.78 is 25.1. The summed E-state index contributed by atoms with van der Waals surface area (Å²) in [5.74, 6) is -0.191. The van der Waals surface area contributed by atoms with Gasteiger partial charge in [-0.05, 0) is 53.7 Å². The van der Waals surface area contributed by atoms with Gasteiger partial charge in [-0.2, -0.15) is 0 Å². The molecule has 7 heteroatoms. The second-order valence-electron chi connectivity index (χ2n) is 7.47. The zero-order valence-corrected chi connectivity index (χ0v) is 18.9. The van der Waals surface area contributed by atoms with Crippen LogP contribution >= 0.6 is 0 Å². The van der Waals surface area contributed by atoms with Gasteiger partial charge in [0.2, 0.25) is 10.0 Å². The minimum atomic E-state index is -3.35. The zero-order chi connectivity index (χ0) is 22.4. The molecule has 0 bridgehead atoms. The van der Waals surface area contributed by atoms with E-state index in [2.05, 4.69) is 59.1 Å². The zero-order valence-electron chi connectivity index (χ0n) is 18.1. The van der Waals surface area contributed by atoms with E-state index in [4.69, 9.17) is 0 Å². The Hall–Kier alpha value is -2.90. The average Bonchev–Trinajstić information content (AvgIpc) is 2.75. The maximum absolute atomic E-state index is 12.8. The first-order chi connectivity index (χ1) is 14.8. The van der Waals surface area contributed by atoms with Crippen LogP contribution in [-0.2, 0) is 10.0 Å². The Bertz CT molecular complexity index is 1130. The van der Waals surface area contributed by atoms with E-state index in [1.54, 1.807) is 24.3 Å². The number of hydrogen-bond acceptors (Lipinski definition) is 4. The Kier molecular flexibility index (Phi) is 7.30. The highest BCUT2D eigenvalue weighted by Gasteiger charge is 2.21. The van der Waals surface area contributed by atoms with E-state index >= 15 is 0 Å². The Morgan fingerprint density at radius 3 is 2.23 bits per heavy atom. The summed E-state index contributed by atoms with van der Waals surface area (Å²) in [6, 6.07) is 21.0. The van der Waals surface area contributed by atoms with E-state index in [0.717, 1.165) is 19.3 Å². The normalized spacial score (nSPS) is 12.6. The van der Waals surface area contributed by atoms with Gasteiger partial charge >= 0.3 is 0 Å². The first-order valence-electron chi connectivity index (χ1n) is 10.4.